The number of nitrogens with zero attached hydrogens (tertiary/aromatic N) is 1. The minimum Gasteiger partial charge on any atom is -0.320 e. The summed E-state index contributed by atoms with van der Waals surface area (Å²) in [5, 5.41) is 12.3. The fraction of sp³-hybridized carbons (Fsp3) is 0. The van der Waals surface area contributed by atoms with E-state index in [0.717, 1.165) is 5.56 Å². The lowest BCUT2D eigenvalue weighted by Crippen LogP contribution is -2.13. The molecule has 0 heterocycles. The van der Waals surface area contributed by atoms with E-state index in [1.54, 1.807) is 30.4 Å². The molecule has 2 aromatic carbocycles. The van der Waals surface area contributed by atoms with Crippen molar-refractivity contribution in [2.24, 2.45) is 0 Å². The van der Waals surface area contributed by atoms with Gasteiger partial charge in [-0.2, -0.15) is 5.26 Å². The Kier molecular flexibility index (Phi) is 5.99. The maximum absolute atomic E-state index is 12.1. The van der Waals surface area contributed by atoms with Crippen molar-refractivity contribution in [2.75, 3.05) is 5.32 Å². The third-order valence-electron chi connectivity index (χ3n) is 2.92. The molecule has 0 unspecified atom stereocenters. The smallest absolute Gasteiger partial charge is 0.266 e. The summed E-state index contributed by atoms with van der Waals surface area (Å²) in [6.45, 7) is 0. The number of allylic oxidation sites excluding steroid dienone is 2. The molecule has 0 spiro atoms. The van der Waals surface area contributed by atoms with E-state index in [1.165, 1.54) is 6.08 Å². The van der Waals surface area contributed by atoms with Gasteiger partial charge in [0.05, 0.1) is 15.7 Å². The maximum atomic E-state index is 12.1. The predicted octanol–water partition coefficient (Wildman–Crippen LogP) is 5.10. The summed E-state index contributed by atoms with van der Waals surface area (Å²) in [5.41, 5.74) is 1.30. The predicted molar refractivity (Wildman–Crippen MR) is 94.3 cm³/mol. The summed E-state index contributed by atoms with van der Waals surface area (Å²) in [6.07, 6.45) is 4.89. The Balaban J connectivity index is 2.13. The molecule has 0 aliphatic carbocycles. The van der Waals surface area contributed by atoms with Gasteiger partial charge in [-0.15, -0.1) is 0 Å². The van der Waals surface area contributed by atoms with Crippen molar-refractivity contribution >= 4 is 40.9 Å². The highest BCUT2D eigenvalue weighted by Gasteiger charge is 2.11. The van der Waals surface area contributed by atoms with Crippen LogP contribution < -0.4 is 5.32 Å². The van der Waals surface area contributed by atoms with Crippen LogP contribution in [0.4, 0.5) is 5.69 Å². The zero-order chi connectivity index (χ0) is 16.7. The number of rotatable bonds is 4. The van der Waals surface area contributed by atoms with Gasteiger partial charge in [0.25, 0.3) is 5.91 Å². The first-order valence-electron chi connectivity index (χ1n) is 6.70. The Hall–Kier alpha value is -2.54. The number of carbonyl (C=O) groups is 1. The second-order valence-electron chi connectivity index (χ2n) is 4.52. The second-order valence-corrected chi connectivity index (χ2v) is 5.30. The van der Waals surface area contributed by atoms with Gasteiger partial charge in [0.15, 0.2) is 0 Å². The van der Waals surface area contributed by atoms with Crippen molar-refractivity contribution in [3.05, 3.63) is 81.9 Å². The number of benzene rings is 2. The molecule has 3 nitrogen and oxygen atoms in total. The highest BCUT2D eigenvalue weighted by molar-refractivity contribution is 6.44. The Labute approximate surface area is 144 Å². The Morgan fingerprint density at radius 2 is 1.83 bits per heavy atom. The van der Waals surface area contributed by atoms with Crippen LogP contribution >= 0.6 is 23.2 Å². The van der Waals surface area contributed by atoms with Crippen LogP contribution in [0, 0.1) is 11.3 Å². The van der Waals surface area contributed by atoms with Gasteiger partial charge in [-0.1, -0.05) is 71.8 Å². The average Bonchev–Trinajstić information content (AvgIpc) is 2.56. The lowest BCUT2D eigenvalue weighted by molar-refractivity contribution is -0.112. The number of nitrogens with one attached hydrogen (secondary N) is 1. The van der Waals surface area contributed by atoms with Gasteiger partial charge in [-0.3, -0.25) is 4.79 Å². The summed E-state index contributed by atoms with van der Waals surface area (Å²) in [4.78, 5) is 12.1. The fourth-order valence-corrected chi connectivity index (χ4v) is 2.12. The van der Waals surface area contributed by atoms with Crippen molar-refractivity contribution in [1.82, 2.24) is 0 Å². The van der Waals surface area contributed by atoms with Gasteiger partial charge in [0, 0.05) is 0 Å². The number of anilines is 1. The summed E-state index contributed by atoms with van der Waals surface area (Å²) in [7, 11) is 0. The van der Waals surface area contributed by atoms with Crippen molar-refractivity contribution in [1.29, 1.82) is 5.26 Å². The van der Waals surface area contributed by atoms with E-state index >= 15 is 0 Å². The molecular formula is C18H12Cl2N2O. The summed E-state index contributed by atoms with van der Waals surface area (Å²) >= 11 is 11.9. The molecule has 0 saturated heterocycles. The third-order valence-corrected chi connectivity index (χ3v) is 3.73. The summed E-state index contributed by atoms with van der Waals surface area (Å²) in [5.74, 6) is -0.547. The molecule has 2 rings (SSSR count). The lowest BCUT2D eigenvalue weighted by atomic mass is 10.2. The molecule has 0 aliphatic heterocycles. The molecule has 1 amide bonds. The standard InChI is InChI=1S/C18H12Cl2N2O/c19-15-10-5-11-16(17(15)20)22-18(23)14(12-21)9-4-8-13-6-2-1-3-7-13/h1-11H,(H,22,23)/b8-4+,14-9-. The molecule has 0 fully saturated rings. The molecule has 1 N–H and O–H groups in total. The first-order chi connectivity index (χ1) is 11.1. The van der Waals surface area contributed by atoms with Gasteiger partial charge in [0.1, 0.15) is 11.6 Å². The molecule has 0 radical (unpaired) electrons. The fourth-order valence-electron chi connectivity index (χ4n) is 1.77. The largest absolute Gasteiger partial charge is 0.320 e. The lowest BCUT2D eigenvalue weighted by Gasteiger charge is -2.07. The molecule has 0 saturated carbocycles. The minimum atomic E-state index is -0.547. The van der Waals surface area contributed by atoms with E-state index in [2.05, 4.69) is 5.32 Å². The van der Waals surface area contributed by atoms with Crippen LogP contribution in [0.2, 0.25) is 10.0 Å². The third kappa shape index (κ3) is 4.72. The van der Waals surface area contributed by atoms with E-state index in [0.29, 0.717) is 10.7 Å². The molecule has 5 heteroatoms. The van der Waals surface area contributed by atoms with E-state index in [1.807, 2.05) is 36.4 Å². The normalized spacial score (nSPS) is 11.3. The highest BCUT2D eigenvalue weighted by atomic mass is 35.5. The first kappa shape index (κ1) is 16.8. The van der Waals surface area contributed by atoms with Crippen LogP contribution in [0.15, 0.2) is 66.3 Å². The zero-order valence-electron chi connectivity index (χ0n) is 12.0. The molecule has 0 bridgehead atoms. The quantitative estimate of drug-likeness (QED) is 0.477. The SMILES string of the molecule is N#C/C(=C/C=C/c1ccccc1)C(=O)Nc1cccc(Cl)c1Cl. The van der Waals surface area contributed by atoms with Crippen molar-refractivity contribution in [2.45, 2.75) is 0 Å². The minimum absolute atomic E-state index is 0.0341. The average molecular weight is 343 g/mol. The number of carbonyl (C=O) groups excluding carboxylic acids is 1. The topological polar surface area (TPSA) is 52.9 Å². The van der Waals surface area contributed by atoms with E-state index in [9.17, 15) is 4.79 Å². The maximum Gasteiger partial charge on any atom is 0.266 e. The molecular weight excluding hydrogens is 331 g/mol. The number of hydrogen-bond donors (Lipinski definition) is 1. The van der Waals surface area contributed by atoms with Gasteiger partial charge in [-0.05, 0) is 23.8 Å². The zero-order valence-corrected chi connectivity index (χ0v) is 13.5. The van der Waals surface area contributed by atoms with Crippen LogP contribution in [0.3, 0.4) is 0 Å². The number of hydrogen-bond acceptors (Lipinski definition) is 2. The van der Waals surface area contributed by atoms with Gasteiger partial charge < -0.3 is 5.32 Å². The summed E-state index contributed by atoms with van der Waals surface area (Å²) in [6, 6.07) is 16.3. The van der Waals surface area contributed by atoms with E-state index in [-0.39, 0.29) is 10.6 Å². The van der Waals surface area contributed by atoms with Crippen molar-refractivity contribution in [3.63, 3.8) is 0 Å². The second kappa shape index (κ2) is 8.19. The monoisotopic (exact) mass is 342 g/mol. The molecule has 0 atom stereocenters. The van der Waals surface area contributed by atoms with Crippen LogP contribution in [-0.4, -0.2) is 5.91 Å². The van der Waals surface area contributed by atoms with Crippen LogP contribution in [-0.2, 0) is 4.79 Å². The van der Waals surface area contributed by atoms with Crippen LogP contribution in [0.1, 0.15) is 5.56 Å². The molecule has 0 aliphatic rings. The van der Waals surface area contributed by atoms with Crippen LogP contribution in [0.25, 0.3) is 6.08 Å². The Bertz CT molecular complexity index is 806. The van der Waals surface area contributed by atoms with Gasteiger partial charge in [0.2, 0.25) is 0 Å². The number of halogens is 2. The summed E-state index contributed by atoms with van der Waals surface area (Å²) < 4.78 is 0. The van der Waals surface area contributed by atoms with Crippen molar-refractivity contribution in [3.8, 4) is 6.07 Å². The molecule has 23 heavy (non-hydrogen) atoms. The molecule has 0 aromatic heterocycles. The number of nitriles is 1. The van der Waals surface area contributed by atoms with Crippen LogP contribution in [0.5, 0.6) is 0 Å². The molecule has 114 valence electrons. The first-order valence-corrected chi connectivity index (χ1v) is 7.46. The van der Waals surface area contributed by atoms with Crippen molar-refractivity contribution < 1.29 is 4.79 Å². The van der Waals surface area contributed by atoms with Gasteiger partial charge in [-0.25, -0.2) is 0 Å². The number of amides is 1. The van der Waals surface area contributed by atoms with E-state index < -0.39 is 5.91 Å². The Morgan fingerprint density at radius 1 is 1.09 bits per heavy atom. The molecule has 2 aromatic rings. The van der Waals surface area contributed by atoms with E-state index in [4.69, 9.17) is 28.5 Å². The van der Waals surface area contributed by atoms with Gasteiger partial charge >= 0.3 is 0 Å². The Morgan fingerprint density at radius 3 is 2.52 bits per heavy atom. The highest BCUT2D eigenvalue weighted by Crippen LogP contribution is 2.29.